The quantitative estimate of drug-likeness (QED) is 0.816. The van der Waals surface area contributed by atoms with Crippen LogP contribution in [-0.2, 0) is 16.1 Å². The third-order valence-electron chi connectivity index (χ3n) is 5.01. The maximum atomic E-state index is 6.39. The molecule has 3 aliphatic rings. The number of benzene rings is 1. The maximum Gasteiger partial charge on any atom is 0.0720 e. The average Bonchev–Trinajstić information content (AvgIpc) is 2.62. The van der Waals surface area contributed by atoms with E-state index < -0.39 is 0 Å². The lowest BCUT2D eigenvalue weighted by atomic mass is 9.78. The highest BCUT2D eigenvalue weighted by molar-refractivity contribution is 5.13. The van der Waals surface area contributed by atoms with Crippen molar-refractivity contribution in [1.29, 1.82) is 0 Å². The summed E-state index contributed by atoms with van der Waals surface area (Å²) in [5, 5.41) is 0. The van der Waals surface area contributed by atoms with E-state index in [4.69, 9.17) is 9.47 Å². The minimum Gasteiger partial charge on any atom is -0.373 e. The van der Waals surface area contributed by atoms with E-state index in [1.807, 2.05) is 0 Å². The molecule has 3 atom stereocenters. The molecule has 2 aliphatic heterocycles. The second-order valence-electron chi connectivity index (χ2n) is 7.19. The van der Waals surface area contributed by atoms with Crippen molar-refractivity contribution in [3.8, 4) is 0 Å². The summed E-state index contributed by atoms with van der Waals surface area (Å²) in [5.41, 5.74) is 1.19. The first kappa shape index (κ1) is 14.1. The van der Waals surface area contributed by atoms with Crippen molar-refractivity contribution in [2.45, 2.75) is 70.4 Å². The highest BCUT2D eigenvalue weighted by atomic mass is 16.5. The Morgan fingerprint density at radius 2 is 1.95 bits per heavy atom. The van der Waals surface area contributed by atoms with Gasteiger partial charge in [-0.05, 0) is 39.2 Å². The molecule has 0 N–H and O–H groups in total. The standard InChI is InChI=1S/C18H26O2/c1-17(2)15-10-7-11-18(3,20-17)12-16(15)19-13-14-8-5-4-6-9-14/h4-6,8-9,15-16H,7,10-13H2,1-3H3. The number of ether oxygens (including phenoxy) is 2. The molecular weight excluding hydrogens is 248 g/mol. The fourth-order valence-electron chi connectivity index (χ4n) is 4.10. The topological polar surface area (TPSA) is 18.5 Å². The molecule has 0 spiro atoms. The van der Waals surface area contributed by atoms with Crippen LogP contribution in [0.1, 0.15) is 52.0 Å². The fourth-order valence-corrected chi connectivity index (χ4v) is 4.10. The summed E-state index contributed by atoms with van der Waals surface area (Å²) in [7, 11) is 0. The molecule has 1 aromatic carbocycles. The molecule has 1 aliphatic carbocycles. The Morgan fingerprint density at radius 1 is 1.20 bits per heavy atom. The van der Waals surface area contributed by atoms with Crippen LogP contribution in [0.4, 0.5) is 0 Å². The van der Waals surface area contributed by atoms with Crippen LogP contribution in [-0.4, -0.2) is 17.3 Å². The molecule has 1 aromatic rings. The van der Waals surface area contributed by atoms with Gasteiger partial charge in [0.25, 0.3) is 0 Å². The van der Waals surface area contributed by atoms with Crippen LogP contribution >= 0.6 is 0 Å². The highest BCUT2D eigenvalue weighted by Gasteiger charge is 2.51. The van der Waals surface area contributed by atoms with E-state index in [1.54, 1.807) is 0 Å². The van der Waals surface area contributed by atoms with E-state index >= 15 is 0 Å². The monoisotopic (exact) mass is 274 g/mol. The first-order valence-corrected chi connectivity index (χ1v) is 7.84. The second kappa shape index (κ2) is 5.16. The predicted molar refractivity (Wildman–Crippen MR) is 80.5 cm³/mol. The Balaban J connectivity index is 1.73. The Labute approximate surface area is 122 Å². The largest absolute Gasteiger partial charge is 0.373 e. The number of hydrogen-bond acceptors (Lipinski definition) is 2. The molecule has 0 aromatic heterocycles. The zero-order chi connectivity index (χ0) is 14.2. The molecule has 110 valence electrons. The van der Waals surface area contributed by atoms with Crippen molar-refractivity contribution >= 4 is 0 Å². The van der Waals surface area contributed by atoms with Crippen LogP contribution in [0.15, 0.2) is 30.3 Å². The molecule has 3 fully saturated rings. The zero-order valence-corrected chi connectivity index (χ0v) is 12.9. The third kappa shape index (κ3) is 2.77. The molecule has 4 rings (SSSR count). The van der Waals surface area contributed by atoms with Gasteiger partial charge >= 0.3 is 0 Å². The number of rotatable bonds is 3. The van der Waals surface area contributed by atoms with Gasteiger partial charge in [-0.15, -0.1) is 0 Å². The molecule has 0 radical (unpaired) electrons. The molecule has 2 nitrogen and oxygen atoms in total. The lowest BCUT2D eigenvalue weighted by Gasteiger charge is -2.49. The van der Waals surface area contributed by atoms with E-state index in [2.05, 4.69) is 51.1 Å². The van der Waals surface area contributed by atoms with Gasteiger partial charge in [-0.3, -0.25) is 0 Å². The summed E-state index contributed by atoms with van der Waals surface area (Å²) in [5.74, 6) is 0.516. The molecule has 2 heteroatoms. The second-order valence-corrected chi connectivity index (χ2v) is 7.19. The summed E-state index contributed by atoms with van der Waals surface area (Å²) in [4.78, 5) is 0. The van der Waals surface area contributed by atoms with Crippen molar-refractivity contribution < 1.29 is 9.47 Å². The molecule has 2 bridgehead atoms. The van der Waals surface area contributed by atoms with Crippen LogP contribution in [0, 0.1) is 5.92 Å². The van der Waals surface area contributed by atoms with Gasteiger partial charge in [0.1, 0.15) is 0 Å². The highest BCUT2D eigenvalue weighted by Crippen LogP contribution is 2.48. The molecular formula is C18H26O2. The van der Waals surface area contributed by atoms with Crippen LogP contribution in [0.5, 0.6) is 0 Å². The van der Waals surface area contributed by atoms with Gasteiger partial charge in [-0.25, -0.2) is 0 Å². The van der Waals surface area contributed by atoms with Crippen molar-refractivity contribution in [3.63, 3.8) is 0 Å². The normalized spacial score (nSPS) is 35.8. The molecule has 2 heterocycles. The predicted octanol–water partition coefficient (Wildman–Crippen LogP) is 4.33. The first-order chi connectivity index (χ1) is 9.49. The Kier molecular flexibility index (Phi) is 3.64. The van der Waals surface area contributed by atoms with Crippen molar-refractivity contribution in [2.24, 2.45) is 5.92 Å². The van der Waals surface area contributed by atoms with Crippen LogP contribution in [0.25, 0.3) is 0 Å². The zero-order valence-electron chi connectivity index (χ0n) is 12.9. The lowest BCUT2D eigenvalue weighted by molar-refractivity contribution is -0.229. The van der Waals surface area contributed by atoms with E-state index in [0.717, 1.165) is 12.8 Å². The van der Waals surface area contributed by atoms with Gasteiger partial charge in [0, 0.05) is 12.3 Å². The molecule has 2 saturated heterocycles. The van der Waals surface area contributed by atoms with Crippen molar-refractivity contribution in [2.75, 3.05) is 0 Å². The van der Waals surface area contributed by atoms with Gasteiger partial charge in [-0.1, -0.05) is 36.8 Å². The van der Waals surface area contributed by atoms with E-state index in [1.165, 1.54) is 18.4 Å². The van der Waals surface area contributed by atoms with Crippen LogP contribution in [0.2, 0.25) is 0 Å². The lowest BCUT2D eigenvalue weighted by Crippen LogP contribution is -2.54. The van der Waals surface area contributed by atoms with Gasteiger partial charge in [0.15, 0.2) is 0 Å². The molecule has 3 unspecified atom stereocenters. The van der Waals surface area contributed by atoms with Gasteiger partial charge in [-0.2, -0.15) is 0 Å². The van der Waals surface area contributed by atoms with E-state index in [-0.39, 0.29) is 11.2 Å². The SMILES string of the molecule is CC12CCCC(C(OCc3ccccc3)C1)C(C)(C)O2. The van der Waals surface area contributed by atoms with Gasteiger partial charge < -0.3 is 9.47 Å². The Hall–Kier alpha value is -0.860. The summed E-state index contributed by atoms with van der Waals surface area (Å²) in [6, 6.07) is 10.5. The molecule has 1 saturated carbocycles. The van der Waals surface area contributed by atoms with Gasteiger partial charge in [0.2, 0.25) is 0 Å². The first-order valence-electron chi connectivity index (χ1n) is 7.84. The van der Waals surface area contributed by atoms with Crippen molar-refractivity contribution in [1.82, 2.24) is 0 Å². The van der Waals surface area contributed by atoms with Crippen LogP contribution in [0.3, 0.4) is 0 Å². The maximum absolute atomic E-state index is 6.39. The summed E-state index contributed by atoms with van der Waals surface area (Å²) >= 11 is 0. The van der Waals surface area contributed by atoms with E-state index in [0.29, 0.717) is 18.6 Å². The van der Waals surface area contributed by atoms with Gasteiger partial charge in [0.05, 0.1) is 23.9 Å². The molecule has 20 heavy (non-hydrogen) atoms. The number of fused-ring (bicyclic) bond motifs is 4. The summed E-state index contributed by atoms with van der Waals surface area (Å²) in [6.07, 6.45) is 5.01. The number of hydrogen-bond donors (Lipinski definition) is 0. The van der Waals surface area contributed by atoms with Crippen molar-refractivity contribution in [3.05, 3.63) is 35.9 Å². The fraction of sp³-hybridized carbons (Fsp3) is 0.667. The Bertz CT molecular complexity index is 451. The minimum absolute atomic E-state index is 0.00213. The molecule has 0 amide bonds. The van der Waals surface area contributed by atoms with Crippen LogP contribution < -0.4 is 0 Å². The van der Waals surface area contributed by atoms with E-state index in [9.17, 15) is 0 Å². The minimum atomic E-state index is -0.0646. The average molecular weight is 274 g/mol. The third-order valence-corrected chi connectivity index (χ3v) is 5.01. The summed E-state index contributed by atoms with van der Waals surface area (Å²) in [6.45, 7) is 7.45. The smallest absolute Gasteiger partial charge is 0.0720 e. The summed E-state index contributed by atoms with van der Waals surface area (Å²) < 4.78 is 12.7. The Morgan fingerprint density at radius 3 is 2.70 bits per heavy atom.